The number of sulfonamides is 1. The quantitative estimate of drug-likeness (QED) is 0.540. The minimum absolute atomic E-state index is 0.251. The van der Waals surface area contributed by atoms with E-state index in [0.29, 0.717) is 32.2 Å². The molecule has 1 aliphatic heterocycles. The van der Waals surface area contributed by atoms with E-state index in [4.69, 9.17) is 5.73 Å². The van der Waals surface area contributed by atoms with Gasteiger partial charge < -0.3 is 16.0 Å². The van der Waals surface area contributed by atoms with Crippen molar-refractivity contribution in [1.29, 1.82) is 0 Å². The van der Waals surface area contributed by atoms with Crippen LogP contribution in [0.1, 0.15) is 46.0 Å². The van der Waals surface area contributed by atoms with Crippen molar-refractivity contribution in [2.24, 2.45) is 11.7 Å². The molecule has 4 N–H and O–H groups in total. The van der Waals surface area contributed by atoms with E-state index < -0.39 is 43.7 Å². The van der Waals surface area contributed by atoms with Crippen molar-refractivity contribution in [3.8, 4) is 0 Å². The molecule has 3 aliphatic rings. The largest absolute Gasteiger partial charge is 0.368 e. The lowest BCUT2D eigenvalue weighted by Crippen LogP contribution is -2.61. The van der Waals surface area contributed by atoms with Gasteiger partial charge in [0.2, 0.25) is 15.9 Å². The second-order valence-corrected chi connectivity index (χ2v) is 10.4. The van der Waals surface area contributed by atoms with Crippen molar-refractivity contribution >= 4 is 27.9 Å². The van der Waals surface area contributed by atoms with Crippen LogP contribution >= 0.6 is 0 Å². The Morgan fingerprint density at radius 1 is 1.22 bits per heavy atom. The van der Waals surface area contributed by atoms with Crippen LogP contribution in [0.2, 0.25) is 0 Å². The molecular weight excluding hydrogens is 372 g/mol. The fraction of sp³-hybridized carbons (Fsp3) is 0.706. The molecule has 2 aliphatic carbocycles. The van der Waals surface area contributed by atoms with Crippen molar-refractivity contribution < 1.29 is 22.8 Å². The Labute approximate surface area is 158 Å². The Hall–Kier alpha value is -2.10. The predicted molar refractivity (Wildman–Crippen MR) is 97.8 cm³/mol. The summed E-state index contributed by atoms with van der Waals surface area (Å²) in [6.45, 7) is 7.15. The summed E-state index contributed by atoms with van der Waals surface area (Å²) in [4.78, 5) is 38.7. The smallest absolute Gasteiger partial charge is 0.319 e. The molecule has 150 valence electrons. The van der Waals surface area contributed by atoms with Gasteiger partial charge >= 0.3 is 6.03 Å². The molecule has 0 aromatic rings. The molecule has 10 heteroatoms. The van der Waals surface area contributed by atoms with E-state index in [0.717, 1.165) is 0 Å². The molecule has 3 atom stereocenters. The lowest BCUT2D eigenvalue weighted by molar-refractivity contribution is -0.126. The molecule has 1 saturated heterocycles. The van der Waals surface area contributed by atoms with Crippen molar-refractivity contribution in [2.45, 2.75) is 61.8 Å². The van der Waals surface area contributed by atoms with Gasteiger partial charge in [-0.05, 0) is 46.0 Å². The number of nitrogens with two attached hydrogens (primary N) is 1. The molecule has 9 nitrogen and oxygen atoms in total. The van der Waals surface area contributed by atoms with Gasteiger partial charge in [-0.15, -0.1) is 6.58 Å². The van der Waals surface area contributed by atoms with Gasteiger partial charge in [-0.1, -0.05) is 6.08 Å². The summed E-state index contributed by atoms with van der Waals surface area (Å²) in [5.41, 5.74) is 2.95. The van der Waals surface area contributed by atoms with E-state index in [-0.39, 0.29) is 12.3 Å². The van der Waals surface area contributed by atoms with E-state index in [1.165, 1.54) is 11.0 Å². The number of amides is 4. The van der Waals surface area contributed by atoms with Crippen LogP contribution in [-0.2, 0) is 19.6 Å². The van der Waals surface area contributed by atoms with Gasteiger partial charge in [-0.25, -0.2) is 13.2 Å². The molecule has 1 unspecified atom stereocenters. The number of rotatable bonds is 6. The molecule has 27 heavy (non-hydrogen) atoms. The number of carbonyl (C=O) groups excluding carboxylic acids is 3. The fourth-order valence-electron chi connectivity index (χ4n) is 3.62. The molecule has 1 heterocycles. The zero-order chi connectivity index (χ0) is 20.3. The highest BCUT2D eigenvalue weighted by atomic mass is 32.2. The first-order valence-corrected chi connectivity index (χ1v) is 10.5. The lowest BCUT2D eigenvalue weighted by atomic mass is 9.98. The Bertz CT molecular complexity index is 821. The second-order valence-electron chi connectivity index (χ2n) is 8.23. The Morgan fingerprint density at radius 3 is 2.33 bits per heavy atom. The Balaban J connectivity index is 1.78. The number of primary amides is 1. The summed E-state index contributed by atoms with van der Waals surface area (Å²) in [5.74, 6) is -1.77. The normalized spacial score (nSPS) is 33.9. The lowest BCUT2D eigenvalue weighted by Gasteiger charge is -2.33. The third-order valence-corrected chi connectivity index (χ3v) is 8.44. The first kappa shape index (κ1) is 19.7. The van der Waals surface area contributed by atoms with Crippen LogP contribution < -0.4 is 15.8 Å². The Morgan fingerprint density at radius 2 is 1.85 bits per heavy atom. The van der Waals surface area contributed by atoms with Crippen molar-refractivity contribution in [3.05, 3.63) is 12.7 Å². The Kier molecular flexibility index (Phi) is 4.33. The van der Waals surface area contributed by atoms with Crippen LogP contribution in [0.5, 0.6) is 0 Å². The number of carbonyl (C=O) groups is 3. The molecule has 3 fully saturated rings. The highest BCUT2D eigenvalue weighted by Gasteiger charge is 2.63. The van der Waals surface area contributed by atoms with Gasteiger partial charge in [0.05, 0.1) is 4.75 Å². The summed E-state index contributed by atoms with van der Waals surface area (Å²) in [6, 6.07) is -0.608. The predicted octanol–water partition coefficient (Wildman–Crippen LogP) is -0.0210. The maximum absolute atomic E-state index is 12.8. The van der Waals surface area contributed by atoms with E-state index >= 15 is 0 Å². The van der Waals surface area contributed by atoms with Crippen LogP contribution in [0.4, 0.5) is 4.79 Å². The number of urea groups is 1. The van der Waals surface area contributed by atoms with Crippen LogP contribution in [0.15, 0.2) is 12.7 Å². The summed E-state index contributed by atoms with van der Waals surface area (Å²) in [5, 5.41) is 2.65. The minimum atomic E-state index is -3.82. The van der Waals surface area contributed by atoms with E-state index in [9.17, 15) is 22.8 Å². The number of likely N-dealkylation sites (tertiary alicyclic amines) is 1. The molecule has 0 spiro atoms. The van der Waals surface area contributed by atoms with Crippen LogP contribution in [0.25, 0.3) is 0 Å². The van der Waals surface area contributed by atoms with Crippen LogP contribution in [0.3, 0.4) is 0 Å². The van der Waals surface area contributed by atoms with Crippen LogP contribution in [-0.4, -0.2) is 53.5 Å². The first-order chi connectivity index (χ1) is 12.4. The summed E-state index contributed by atoms with van der Waals surface area (Å²) >= 11 is 0. The number of nitrogens with one attached hydrogen (secondary N) is 2. The van der Waals surface area contributed by atoms with Crippen LogP contribution in [0, 0.1) is 5.92 Å². The van der Waals surface area contributed by atoms with Gasteiger partial charge in [0.15, 0.2) is 0 Å². The third kappa shape index (κ3) is 2.99. The van der Waals surface area contributed by atoms with Gasteiger partial charge in [-0.2, -0.15) is 0 Å². The number of hydrogen-bond donors (Lipinski definition) is 3. The van der Waals surface area contributed by atoms with Gasteiger partial charge in [0.1, 0.15) is 11.1 Å². The van der Waals surface area contributed by atoms with E-state index in [2.05, 4.69) is 16.6 Å². The minimum Gasteiger partial charge on any atom is -0.368 e. The zero-order valence-electron chi connectivity index (χ0n) is 15.6. The van der Waals surface area contributed by atoms with Crippen molar-refractivity contribution in [1.82, 2.24) is 14.9 Å². The second kappa shape index (κ2) is 5.95. The fourth-order valence-corrected chi connectivity index (χ4v) is 4.93. The number of hydrogen-bond acceptors (Lipinski definition) is 5. The average molecular weight is 398 g/mol. The highest BCUT2D eigenvalue weighted by molar-refractivity contribution is 7.91. The molecule has 3 rings (SSSR count). The SMILES string of the molecule is C=C[C@@H]1C[C@]1(NC(=O)N1CCCC1(C)C(N)=O)C(=O)NS(=O)(=O)C1(C)CC1. The summed E-state index contributed by atoms with van der Waals surface area (Å²) < 4.78 is 26.0. The molecular formula is C17H26N4O5S. The highest BCUT2D eigenvalue weighted by Crippen LogP contribution is 2.47. The standard InChI is InChI=1S/C17H26N4O5S/c1-4-11-10-17(11,13(23)20-27(25,26)15(2)7-8-15)19-14(24)21-9-5-6-16(21,3)12(18)22/h4,11H,1,5-10H2,2-3H3,(H2,18,22)(H,19,24)(H,20,23)/t11-,16?,17-/m1/s1. The maximum atomic E-state index is 12.8. The molecule has 0 radical (unpaired) electrons. The first-order valence-electron chi connectivity index (χ1n) is 9.01. The molecule has 0 aromatic carbocycles. The van der Waals surface area contributed by atoms with E-state index in [1.54, 1.807) is 13.8 Å². The molecule has 0 aromatic heterocycles. The van der Waals surface area contributed by atoms with Crippen molar-refractivity contribution in [3.63, 3.8) is 0 Å². The molecule has 2 saturated carbocycles. The monoisotopic (exact) mass is 398 g/mol. The summed E-state index contributed by atoms with van der Waals surface area (Å²) in [7, 11) is -3.82. The third-order valence-electron chi connectivity index (χ3n) is 6.28. The van der Waals surface area contributed by atoms with E-state index in [1.807, 2.05) is 0 Å². The molecule has 4 amide bonds. The maximum Gasteiger partial charge on any atom is 0.319 e. The van der Waals surface area contributed by atoms with Gasteiger partial charge in [0.25, 0.3) is 5.91 Å². The molecule has 0 bridgehead atoms. The van der Waals surface area contributed by atoms with Crippen molar-refractivity contribution in [2.75, 3.05) is 6.54 Å². The average Bonchev–Trinajstić information content (AvgIpc) is 3.45. The zero-order valence-corrected chi connectivity index (χ0v) is 16.4. The number of nitrogens with zero attached hydrogens (tertiary/aromatic N) is 1. The topological polar surface area (TPSA) is 139 Å². The van der Waals surface area contributed by atoms with Gasteiger partial charge in [-0.3, -0.25) is 14.3 Å². The summed E-state index contributed by atoms with van der Waals surface area (Å²) in [6.07, 6.45) is 3.80. The van der Waals surface area contributed by atoms with Gasteiger partial charge in [0, 0.05) is 12.5 Å².